The molecule has 0 aromatic heterocycles. The second-order valence-corrected chi connectivity index (χ2v) is 5.24. The van der Waals surface area contributed by atoms with Crippen molar-refractivity contribution in [3.05, 3.63) is 65.2 Å². The lowest BCUT2D eigenvalue weighted by Crippen LogP contribution is -2.07. The van der Waals surface area contributed by atoms with E-state index in [9.17, 15) is 14.4 Å². The van der Waals surface area contributed by atoms with Crippen molar-refractivity contribution in [2.45, 2.75) is 6.92 Å². The van der Waals surface area contributed by atoms with Crippen LogP contribution in [0.3, 0.4) is 0 Å². The van der Waals surface area contributed by atoms with Crippen LogP contribution in [0.1, 0.15) is 33.2 Å². The Morgan fingerprint density at radius 2 is 1.36 bits per heavy atom. The van der Waals surface area contributed by atoms with Crippen LogP contribution < -0.4 is 0 Å². The van der Waals surface area contributed by atoms with Crippen molar-refractivity contribution in [2.24, 2.45) is 0 Å². The number of hydrogen-bond acceptors (Lipinski definition) is 5. The molecule has 0 fully saturated rings. The number of ketones is 1. The van der Waals surface area contributed by atoms with Gasteiger partial charge in [-0.15, -0.1) is 0 Å². The van der Waals surface area contributed by atoms with Crippen molar-refractivity contribution < 1.29 is 23.9 Å². The number of carbonyl (C=O) groups excluding carboxylic acids is 3. The minimum atomic E-state index is -0.527. The minimum Gasteiger partial charge on any atom is -0.465 e. The van der Waals surface area contributed by atoms with Gasteiger partial charge in [-0.1, -0.05) is 30.3 Å². The number of allylic oxidation sites excluding steroid dienone is 1. The van der Waals surface area contributed by atoms with Crippen LogP contribution in [0.15, 0.2) is 48.5 Å². The Morgan fingerprint density at radius 1 is 0.800 bits per heavy atom. The maximum absolute atomic E-state index is 12.1. The Kier molecular flexibility index (Phi) is 5.84. The average Bonchev–Trinajstić information content (AvgIpc) is 2.64. The van der Waals surface area contributed by atoms with Gasteiger partial charge in [0.05, 0.1) is 25.3 Å². The topological polar surface area (TPSA) is 69.7 Å². The molecule has 0 atom stereocenters. The summed E-state index contributed by atoms with van der Waals surface area (Å²) >= 11 is 0. The van der Waals surface area contributed by atoms with Gasteiger partial charge >= 0.3 is 11.9 Å². The van der Waals surface area contributed by atoms with Gasteiger partial charge in [0.25, 0.3) is 0 Å². The lowest BCUT2D eigenvalue weighted by molar-refractivity contribution is -0.112. The summed E-state index contributed by atoms with van der Waals surface area (Å²) < 4.78 is 9.66. The third-order valence-corrected chi connectivity index (χ3v) is 3.62. The zero-order chi connectivity index (χ0) is 18.4. The Labute approximate surface area is 145 Å². The highest BCUT2D eigenvalue weighted by atomic mass is 16.5. The quantitative estimate of drug-likeness (QED) is 0.616. The van der Waals surface area contributed by atoms with E-state index in [0.29, 0.717) is 27.8 Å². The zero-order valence-corrected chi connectivity index (χ0v) is 14.2. The molecule has 0 amide bonds. The van der Waals surface area contributed by atoms with Crippen LogP contribution in [0.25, 0.3) is 17.2 Å². The maximum atomic E-state index is 12.1. The van der Waals surface area contributed by atoms with E-state index in [1.807, 2.05) is 0 Å². The summed E-state index contributed by atoms with van der Waals surface area (Å²) in [5.41, 5.74) is 2.40. The third-order valence-electron chi connectivity index (χ3n) is 3.62. The summed E-state index contributed by atoms with van der Waals surface area (Å²) in [5, 5.41) is 0. The molecule has 0 saturated heterocycles. The molecule has 5 nitrogen and oxygen atoms in total. The molecule has 128 valence electrons. The van der Waals surface area contributed by atoms with E-state index < -0.39 is 11.9 Å². The van der Waals surface area contributed by atoms with Crippen LogP contribution in [0.5, 0.6) is 0 Å². The lowest BCUT2D eigenvalue weighted by atomic mass is 9.92. The zero-order valence-electron chi connectivity index (χ0n) is 14.2. The summed E-state index contributed by atoms with van der Waals surface area (Å²) in [6.45, 7) is 1.42. The second kappa shape index (κ2) is 8.06. The first-order valence-corrected chi connectivity index (χ1v) is 7.57. The molecule has 2 aromatic rings. The Balaban J connectivity index is 2.76. The molecule has 0 radical (unpaired) electrons. The molecule has 0 spiro atoms. The van der Waals surface area contributed by atoms with E-state index in [2.05, 4.69) is 0 Å². The molecular weight excluding hydrogens is 320 g/mol. The molecule has 0 heterocycles. The Morgan fingerprint density at radius 3 is 2.00 bits per heavy atom. The van der Waals surface area contributed by atoms with Gasteiger partial charge in [-0.2, -0.15) is 0 Å². The fraction of sp³-hybridized carbons (Fsp3) is 0.150. The van der Waals surface area contributed by atoms with Gasteiger partial charge in [0.15, 0.2) is 5.78 Å². The van der Waals surface area contributed by atoms with Crippen LogP contribution in [-0.4, -0.2) is 31.9 Å². The van der Waals surface area contributed by atoms with E-state index in [1.54, 1.807) is 48.5 Å². The summed E-state index contributed by atoms with van der Waals surface area (Å²) in [4.78, 5) is 35.5. The first kappa shape index (κ1) is 18.1. The number of rotatable bonds is 5. The highest BCUT2D eigenvalue weighted by Gasteiger charge is 2.19. The largest absolute Gasteiger partial charge is 0.465 e. The smallest absolute Gasteiger partial charge is 0.338 e. The molecule has 25 heavy (non-hydrogen) atoms. The van der Waals surface area contributed by atoms with Gasteiger partial charge < -0.3 is 9.47 Å². The number of esters is 2. The standard InChI is InChI=1S/C20H18O5/c1-13(21)11-12-16-14(9-6-10-18(16)20(23)25-3)15-7-4-5-8-17(15)19(22)24-2/h4-12H,1-3H3/b12-11+. The van der Waals surface area contributed by atoms with Crippen molar-refractivity contribution in [2.75, 3.05) is 14.2 Å². The molecule has 0 saturated carbocycles. The highest BCUT2D eigenvalue weighted by molar-refractivity contribution is 6.03. The molecule has 0 aliphatic carbocycles. The molecular formula is C20H18O5. The van der Waals surface area contributed by atoms with Crippen molar-refractivity contribution in [1.82, 2.24) is 0 Å². The fourth-order valence-electron chi connectivity index (χ4n) is 2.47. The first-order valence-electron chi connectivity index (χ1n) is 7.57. The van der Waals surface area contributed by atoms with Gasteiger partial charge in [-0.25, -0.2) is 9.59 Å². The normalized spacial score (nSPS) is 10.5. The highest BCUT2D eigenvalue weighted by Crippen LogP contribution is 2.31. The molecule has 0 unspecified atom stereocenters. The average molecular weight is 338 g/mol. The second-order valence-electron chi connectivity index (χ2n) is 5.24. The number of hydrogen-bond donors (Lipinski definition) is 0. The lowest BCUT2D eigenvalue weighted by Gasteiger charge is -2.13. The van der Waals surface area contributed by atoms with E-state index in [-0.39, 0.29) is 5.78 Å². The maximum Gasteiger partial charge on any atom is 0.338 e. The molecule has 2 rings (SSSR count). The molecule has 0 aliphatic heterocycles. The van der Waals surface area contributed by atoms with Crippen LogP contribution in [0.4, 0.5) is 0 Å². The fourth-order valence-corrected chi connectivity index (χ4v) is 2.47. The predicted octanol–water partition coefficient (Wildman–Crippen LogP) is 3.53. The number of benzene rings is 2. The minimum absolute atomic E-state index is 0.160. The number of methoxy groups -OCH3 is 2. The van der Waals surface area contributed by atoms with Crippen molar-refractivity contribution in [3.8, 4) is 11.1 Å². The first-order chi connectivity index (χ1) is 12.0. The predicted molar refractivity (Wildman–Crippen MR) is 94.3 cm³/mol. The van der Waals surface area contributed by atoms with E-state index in [4.69, 9.17) is 9.47 Å². The number of ether oxygens (including phenoxy) is 2. The Bertz CT molecular complexity index is 849. The van der Waals surface area contributed by atoms with Gasteiger partial charge in [-0.3, -0.25) is 4.79 Å². The van der Waals surface area contributed by atoms with Crippen LogP contribution in [-0.2, 0) is 14.3 Å². The van der Waals surface area contributed by atoms with Crippen LogP contribution >= 0.6 is 0 Å². The third kappa shape index (κ3) is 4.01. The summed E-state index contributed by atoms with van der Waals surface area (Å²) in [6, 6.07) is 12.0. The van der Waals surface area contributed by atoms with E-state index >= 15 is 0 Å². The number of carbonyl (C=O) groups is 3. The molecule has 0 N–H and O–H groups in total. The molecule has 0 aliphatic rings. The molecule has 2 aromatic carbocycles. The van der Waals surface area contributed by atoms with E-state index in [0.717, 1.165) is 0 Å². The van der Waals surface area contributed by atoms with Crippen LogP contribution in [0.2, 0.25) is 0 Å². The van der Waals surface area contributed by atoms with Crippen molar-refractivity contribution in [1.29, 1.82) is 0 Å². The molecule has 5 heteroatoms. The van der Waals surface area contributed by atoms with Gasteiger partial charge in [-0.05, 0) is 47.9 Å². The summed E-state index contributed by atoms with van der Waals surface area (Å²) in [6.07, 6.45) is 2.92. The van der Waals surface area contributed by atoms with Gasteiger partial charge in [0.2, 0.25) is 0 Å². The van der Waals surface area contributed by atoms with Crippen molar-refractivity contribution in [3.63, 3.8) is 0 Å². The monoisotopic (exact) mass is 338 g/mol. The summed E-state index contributed by atoms with van der Waals surface area (Å²) in [5.74, 6) is -1.17. The van der Waals surface area contributed by atoms with Crippen LogP contribution in [0, 0.1) is 0 Å². The summed E-state index contributed by atoms with van der Waals surface area (Å²) in [7, 11) is 2.59. The molecule has 0 bridgehead atoms. The Hall–Kier alpha value is -3.21. The van der Waals surface area contributed by atoms with Gasteiger partial charge in [0.1, 0.15) is 0 Å². The van der Waals surface area contributed by atoms with Crippen molar-refractivity contribution >= 4 is 23.8 Å². The SMILES string of the molecule is COC(=O)c1ccccc1-c1cccc(C(=O)OC)c1/C=C/C(C)=O. The van der Waals surface area contributed by atoms with Gasteiger partial charge in [0, 0.05) is 0 Å². The van der Waals surface area contributed by atoms with E-state index in [1.165, 1.54) is 27.2 Å².